The van der Waals surface area contributed by atoms with E-state index in [0.29, 0.717) is 6.54 Å². The number of unbranched alkanes of at least 4 members (excludes halogenated alkanes) is 1. The van der Waals surface area contributed by atoms with Crippen molar-refractivity contribution < 1.29 is 29.8 Å². The Kier molecular flexibility index (Phi) is 8.60. The van der Waals surface area contributed by atoms with Crippen molar-refractivity contribution in [2.24, 2.45) is 0 Å². The summed E-state index contributed by atoms with van der Waals surface area (Å²) in [4.78, 5) is 11.0. The molecule has 0 radical (unpaired) electrons. The molecule has 0 rings (SSSR count). The Morgan fingerprint density at radius 1 is 1.46 bits per heavy atom. The maximum absolute atomic E-state index is 11.0. The van der Waals surface area contributed by atoms with Crippen molar-refractivity contribution in [3.05, 3.63) is 0 Å². The van der Waals surface area contributed by atoms with Gasteiger partial charge < -0.3 is 11.5 Å². The molecule has 0 aliphatic heterocycles. The first kappa shape index (κ1) is 15.3. The van der Waals surface area contributed by atoms with Crippen LogP contribution in [0.15, 0.2) is 0 Å². The van der Waals surface area contributed by atoms with E-state index in [1.165, 1.54) is 0 Å². The second-order valence-electron chi connectivity index (χ2n) is 3.78. The number of ether oxygens (including phenoxy) is 1. The number of carbonyl (C=O) groups is 1. The molecular formula is C9H20LiNO2. The minimum atomic E-state index is -0.393. The van der Waals surface area contributed by atoms with Crippen molar-refractivity contribution in [2.75, 3.05) is 6.54 Å². The summed E-state index contributed by atoms with van der Waals surface area (Å²) < 4.78 is 5.03. The molecule has 0 saturated heterocycles. The van der Waals surface area contributed by atoms with Crippen molar-refractivity contribution in [2.45, 2.75) is 46.1 Å². The zero-order valence-corrected chi connectivity index (χ0v) is 9.44. The van der Waals surface area contributed by atoms with Crippen molar-refractivity contribution in [3.8, 4) is 0 Å². The van der Waals surface area contributed by atoms with Crippen LogP contribution >= 0.6 is 0 Å². The monoisotopic (exact) mass is 181 g/mol. The van der Waals surface area contributed by atoms with Crippen LogP contribution in [0.3, 0.4) is 0 Å². The second kappa shape index (κ2) is 7.29. The molecule has 0 aromatic carbocycles. The van der Waals surface area contributed by atoms with Gasteiger partial charge in [-0.1, -0.05) is 13.3 Å². The van der Waals surface area contributed by atoms with Crippen LogP contribution in [0.5, 0.6) is 0 Å². The maximum Gasteiger partial charge on any atom is 1.00 e. The summed E-state index contributed by atoms with van der Waals surface area (Å²) in [5.74, 6) is 0. The van der Waals surface area contributed by atoms with Gasteiger partial charge in [-0.15, -0.1) is 0 Å². The van der Waals surface area contributed by atoms with Crippen LogP contribution in [0.1, 0.15) is 42.0 Å². The van der Waals surface area contributed by atoms with Gasteiger partial charge in [-0.2, -0.15) is 0 Å². The topological polar surface area (TPSA) is 38.3 Å². The summed E-state index contributed by atoms with van der Waals surface area (Å²) in [6.07, 6.45) is 1.76. The third-order valence-corrected chi connectivity index (χ3v) is 1.20. The SMILES string of the molecule is CCCCNC(=O)OC(C)(C)C.[H-].[Li+]. The third kappa shape index (κ3) is 11.9. The average molecular weight is 181 g/mol. The Balaban J connectivity index is -0.000000605. The summed E-state index contributed by atoms with van der Waals surface area (Å²) in [5.41, 5.74) is -0.393. The fraction of sp³-hybridized carbons (Fsp3) is 0.889. The number of nitrogens with one attached hydrogen (secondary N) is 1. The molecule has 1 N–H and O–H groups in total. The standard InChI is InChI=1S/C9H19NO2.Li.H/c1-5-6-7-10-8(11)12-9(2,3)4;;/h5-7H2,1-4H3,(H,10,11);;/q;+1;-1. The summed E-state index contributed by atoms with van der Waals surface area (Å²) >= 11 is 0. The van der Waals surface area contributed by atoms with E-state index >= 15 is 0 Å². The average Bonchev–Trinajstić information content (AvgIpc) is 1.84. The van der Waals surface area contributed by atoms with Crippen LogP contribution in [0.4, 0.5) is 4.79 Å². The zero-order valence-electron chi connectivity index (χ0n) is 10.4. The number of rotatable bonds is 3. The fourth-order valence-electron chi connectivity index (χ4n) is 0.681. The van der Waals surface area contributed by atoms with E-state index in [9.17, 15) is 4.79 Å². The fourth-order valence-corrected chi connectivity index (χ4v) is 0.681. The number of amides is 1. The van der Waals surface area contributed by atoms with Crippen LogP contribution in [0.2, 0.25) is 0 Å². The molecule has 13 heavy (non-hydrogen) atoms. The van der Waals surface area contributed by atoms with Crippen LogP contribution in [-0.4, -0.2) is 18.2 Å². The molecule has 0 aromatic heterocycles. The first-order valence-electron chi connectivity index (χ1n) is 4.42. The van der Waals surface area contributed by atoms with Gasteiger partial charge in [0.05, 0.1) is 0 Å². The minimum absolute atomic E-state index is 0. The van der Waals surface area contributed by atoms with E-state index in [-0.39, 0.29) is 26.4 Å². The molecule has 1 amide bonds. The number of alkyl carbamates (subject to hydrolysis) is 1. The van der Waals surface area contributed by atoms with Gasteiger partial charge in [0.2, 0.25) is 0 Å². The van der Waals surface area contributed by atoms with Crippen LogP contribution in [0.25, 0.3) is 0 Å². The van der Waals surface area contributed by atoms with Crippen LogP contribution < -0.4 is 24.2 Å². The van der Waals surface area contributed by atoms with Crippen molar-refractivity contribution in [3.63, 3.8) is 0 Å². The van der Waals surface area contributed by atoms with E-state index in [0.717, 1.165) is 12.8 Å². The number of hydrogen-bond acceptors (Lipinski definition) is 2. The first-order chi connectivity index (χ1) is 5.45. The quantitative estimate of drug-likeness (QED) is 0.467. The van der Waals surface area contributed by atoms with Gasteiger partial charge in [0.15, 0.2) is 0 Å². The van der Waals surface area contributed by atoms with E-state index in [1.54, 1.807) is 0 Å². The molecular weight excluding hydrogens is 161 g/mol. The van der Waals surface area contributed by atoms with E-state index in [4.69, 9.17) is 4.74 Å². The maximum atomic E-state index is 11.0. The Labute approximate surface area is 94.3 Å². The molecule has 0 aliphatic carbocycles. The van der Waals surface area contributed by atoms with E-state index in [2.05, 4.69) is 12.2 Å². The van der Waals surface area contributed by atoms with Gasteiger partial charge >= 0.3 is 25.0 Å². The summed E-state index contributed by atoms with van der Waals surface area (Å²) in [6, 6.07) is 0. The molecule has 4 heteroatoms. The Morgan fingerprint density at radius 3 is 2.38 bits per heavy atom. The molecule has 0 fully saturated rings. The molecule has 0 aromatic rings. The Hall–Kier alpha value is -0.133. The summed E-state index contributed by atoms with van der Waals surface area (Å²) in [7, 11) is 0. The van der Waals surface area contributed by atoms with Gasteiger partial charge in [-0.05, 0) is 27.2 Å². The van der Waals surface area contributed by atoms with E-state index < -0.39 is 5.60 Å². The summed E-state index contributed by atoms with van der Waals surface area (Å²) in [6.45, 7) is 8.34. The molecule has 74 valence electrons. The molecule has 3 nitrogen and oxygen atoms in total. The summed E-state index contributed by atoms with van der Waals surface area (Å²) in [5, 5.41) is 2.68. The van der Waals surface area contributed by atoms with Gasteiger partial charge in [0.25, 0.3) is 0 Å². The number of hydrogen-bond donors (Lipinski definition) is 1. The normalized spacial score (nSPS) is 10.2. The van der Waals surface area contributed by atoms with Gasteiger partial charge in [0, 0.05) is 6.54 Å². The second-order valence-corrected chi connectivity index (χ2v) is 3.78. The largest absolute Gasteiger partial charge is 1.00 e. The molecule has 0 spiro atoms. The third-order valence-electron chi connectivity index (χ3n) is 1.20. The predicted octanol–water partition coefficient (Wildman–Crippen LogP) is -0.572. The number of carbonyl (C=O) groups excluding carboxylic acids is 1. The van der Waals surface area contributed by atoms with Gasteiger partial charge in [-0.3, -0.25) is 0 Å². The predicted molar refractivity (Wildman–Crippen MR) is 50.3 cm³/mol. The minimum Gasteiger partial charge on any atom is -1.00 e. The van der Waals surface area contributed by atoms with Crippen LogP contribution in [-0.2, 0) is 4.74 Å². The van der Waals surface area contributed by atoms with E-state index in [1.807, 2.05) is 20.8 Å². The Bertz CT molecular complexity index is 148. The molecule has 0 unspecified atom stereocenters. The zero-order chi connectivity index (χ0) is 9.61. The molecule has 0 atom stereocenters. The van der Waals surface area contributed by atoms with Crippen molar-refractivity contribution >= 4 is 6.09 Å². The molecule has 0 saturated carbocycles. The van der Waals surface area contributed by atoms with Crippen molar-refractivity contribution in [1.29, 1.82) is 0 Å². The molecule has 0 bridgehead atoms. The van der Waals surface area contributed by atoms with Crippen molar-refractivity contribution in [1.82, 2.24) is 5.32 Å². The van der Waals surface area contributed by atoms with Gasteiger partial charge in [0.1, 0.15) is 5.60 Å². The molecule has 0 aliphatic rings. The molecule has 0 heterocycles. The Morgan fingerprint density at radius 2 is 2.00 bits per heavy atom. The van der Waals surface area contributed by atoms with Gasteiger partial charge in [-0.25, -0.2) is 4.79 Å². The van der Waals surface area contributed by atoms with Crippen LogP contribution in [0, 0.1) is 0 Å². The smallest absolute Gasteiger partial charge is 1.00 e. The first-order valence-corrected chi connectivity index (χ1v) is 4.42.